The van der Waals surface area contributed by atoms with Crippen LogP contribution in [-0.2, 0) is 4.74 Å². The van der Waals surface area contributed by atoms with E-state index in [1.165, 1.54) is 18.2 Å². The zero-order valence-corrected chi connectivity index (χ0v) is 21.4. The first-order valence-electron chi connectivity index (χ1n) is 12.4. The first kappa shape index (κ1) is 24.5. The third-order valence-corrected chi connectivity index (χ3v) is 7.72. The van der Waals surface area contributed by atoms with Gasteiger partial charge in [0.2, 0.25) is 0 Å². The van der Waals surface area contributed by atoms with Gasteiger partial charge in [-0.2, -0.15) is 0 Å². The Hall–Kier alpha value is -2.18. The molecular formula is C28H32ClF2NO3. The van der Waals surface area contributed by atoms with E-state index in [9.17, 15) is 9.18 Å². The number of carbonyl (C=O) groups is 1. The molecule has 1 saturated heterocycles. The molecule has 188 valence electrons. The van der Waals surface area contributed by atoms with Crippen LogP contribution >= 0.6 is 11.6 Å². The summed E-state index contributed by atoms with van der Waals surface area (Å²) in [6, 6.07) is 7.71. The summed E-state index contributed by atoms with van der Waals surface area (Å²) in [5, 5.41) is 0.425. The summed E-state index contributed by atoms with van der Waals surface area (Å²) < 4.78 is 40.5. The summed E-state index contributed by atoms with van der Waals surface area (Å²) in [5.41, 5.74) is 1.04. The van der Waals surface area contributed by atoms with Crippen molar-refractivity contribution in [3.05, 3.63) is 63.7 Å². The summed E-state index contributed by atoms with van der Waals surface area (Å²) in [6.45, 7) is 8.32. The first-order chi connectivity index (χ1) is 16.5. The predicted molar refractivity (Wildman–Crippen MR) is 131 cm³/mol. The number of benzene rings is 2. The van der Waals surface area contributed by atoms with Crippen molar-refractivity contribution in [1.29, 1.82) is 0 Å². The first-order valence-corrected chi connectivity index (χ1v) is 12.8. The van der Waals surface area contributed by atoms with Gasteiger partial charge in [-0.1, -0.05) is 17.7 Å². The van der Waals surface area contributed by atoms with Crippen molar-refractivity contribution < 1.29 is 23.0 Å². The van der Waals surface area contributed by atoms with Crippen molar-refractivity contribution in [2.45, 2.75) is 83.1 Å². The van der Waals surface area contributed by atoms with Crippen LogP contribution < -0.4 is 4.74 Å². The van der Waals surface area contributed by atoms with Crippen LogP contribution in [0, 0.1) is 17.6 Å². The highest BCUT2D eigenvalue weighted by atomic mass is 35.5. The normalized spacial score (nSPS) is 25.1. The van der Waals surface area contributed by atoms with Gasteiger partial charge in [-0.05, 0) is 94.5 Å². The number of hydrogen-bond acceptors (Lipinski definition) is 4. The van der Waals surface area contributed by atoms with E-state index < -0.39 is 17.4 Å². The minimum atomic E-state index is -0.699. The molecule has 0 aromatic heterocycles. The molecule has 0 N–H and O–H groups in total. The molecule has 4 atom stereocenters. The number of esters is 1. The molecule has 7 heteroatoms. The monoisotopic (exact) mass is 503 g/mol. The van der Waals surface area contributed by atoms with Gasteiger partial charge in [0.1, 0.15) is 29.1 Å². The van der Waals surface area contributed by atoms with Crippen molar-refractivity contribution in [3.8, 4) is 5.75 Å². The molecule has 1 unspecified atom stereocenters. The van der Waals surface area contributed by atoms with Crippen LogP contribution in [-0.4, -0.2) is 35.2 Å². The Kier molecular flexibility index (Phi) is 6.33. The SMILES string of the molecule is CC(c1ccc(F)cc1Cl)N1C[C@H]2C[C@@H]1[C@H](Oc1cc(F)c(C(=O)OC(C)(C)C)cc1C1CC1)C2. The lowest BCUT2D eigenvalue weighted by Gasteiger charge is -2.38. The third kappa shape index (κ3) is 5.05. The summed E-state index contributed by atoms with van der Waals surface area (Å²) >= 11 is 6.35. The van der Waals surface area contributed by atoms with E-state index in [1.54, 1.807) is 32.9 Å². The average molecular weight is 504 g/mol. The number of ether oxygens (including phenoxy) is 2. The van der Waals surface area contributed by atoms with Crippen molar-refractivity contribution in [3.63, 3.8) is 0 Å². The van der Waals surface area contributed by atoms with Crippen molar-refractivity contribution >= 4 is 17.6 Å². The van der Waals surface area contributed by atoms with Crippen LogP contribution in [0.2, 0.25) is 5.02 Å². The van der Waals surface area contributed by atoms with Crippen LogP contribution in [0.5, 0.6) is 5.75 Å². The fourth-order valence-electron chi connectivity index (χ4n) is 5.64. The lowest BCUT2D eigenvalue weighted by atomic mass is 10.0. The predicted octanol–water partition coefficient (Wildman–Crippen LogP) is 7.05. The highest BCUT2D eigenvalue weighted by Gasteiger charge is 2.48. The molecule has 3 aliphatic rings. The van der Waals surface area contributed by atoms with Crippen LogP contribution in [0.3, 0.4) is 0 Å². The molecule has 1 aliphatic heterocycles. The van der Waals surface area contributed by atoms with Crippen LogP contribution in [0.4, 0.5) is 8.78 Å². The minimum Gasteiger partial charge on any atom is -0.488 e. The molecule has 5 rings (SSSR count). The highest BCUT2D eigenvalue weighted by Crippen LogP contribution is 2.48. The summed E-state index contributed by atoms with van der Waals surface area (Å²) in [6.07, 6.45) is 3.83. The van der Waals surface area contributed by atoms with Gasteiger partial charge >= 0.3 is 5.97 Å². The number of piperidine rings is 1. The van der Waals surface area contributed by atoms with E-state index in [0.29, 0.717) is 16.7 Å². The van der Waals surface area contributed by atoms with Gasteiger partial charge < -0.3 is 9.47 Å². The van der Waals surface area contributed by atoms with Crippen LogP contribution in [0.15, 0.2) is 30.3 Å². The number of halogens is 3. The fraction of sp³-hybridized carbons (Fsp3) is 0.536. The maximum Gasteiger partial charge on any atom is 0.341 e. The smallest absolute Gasteiger partial charge is 0.341 e. The molecule has 2 bridgehead atoms. The Morgan fingerprint density at radius 2 is 1.89 bits per heavy atom. The molecule has 1 heterocycles. The number of carbonyl (C=O) groups excluding carboxylic acids is 1. The molecule has 0 amide bonds. The van der Waals surface area contributed by atoms with E-state index in [-0.39, 0.29) is 35.5 Å². The second kappa shape index (κ2) is 9.04. The lowest BCUT2D eigenvalue weighted by Crippen LogP contribution is -2.45. The third-order valence-electron chi connectivity index (χ3n) is 7.39. The molecule has 3 fully saturated rings. The minimum absolute atomic E-state index is 0.0127. The molecule has 2 aromatic rings. The standard InChI is InChI=1S/C28H32ClF2NO3/c1-15(19-8-7-18(30)11-22(19)29)32-14-16-9-24(32)26(10-16)34-25-13-23(31)21(12-20(25)17-5-6-17)27(33)35-28(2,3)4/h7-8,11-13,15-17,24,26H,5-6,9-10,14H2,1-4H3/t15?,16-,24+,26+/m0/s1. The topological polar surface area (TPSA) is 38.8 Å². The average Bonchev–Trinajstić information content (AvgIpc) is 3.41. The Morgan fingerprint density at radius 3 is 2.51 bits per heavy atom. The molecule has 0 radical (unpaired) electrons. The Morgan fingerprint density at radius 1 is 1.14 bits per heavy atom. The molecule has 2 aliphatic carbocycles. The van der Waals surface area contributed by atoms with Gasteiger partial charge in [0, 0.05) is 29.7 Å². The van der Waals surface area contributed by atoms with E-state index in [0.717, 1.165) is 43.4 Å². The van der Waals surface area contributed by atoms with Gasteiger partial charge in [-0.3, -0.25) is 4.90 Å². The van der Waals surface area contributed by atoms with Crippen LogP contribution in [0.25, 0.3) is 0 Å². The fourth-order valence-corrected chi connectivity index (χ4v) is 5.96. The second-order valence-electron chi connectivity index (χ2n) is 11.2. The van der Waals surface area contributed by atoms with Crippen molar-refractivity contribution in [2.24, 2.45) is 5.92 Å². The molecule has 2 aromatic carbocycles. The number of likely N-dealkylation sites (tertiary alicyclic amines) is 1. The van der Waals surface area contributed by atoms with Crippen molar-refractivity contribution in [2.75, 3.05) is 6.54 Å². The van der Waals surface area contributed by atoms with Crippen molar-refractivity contribution in [1.82, 2.24) is 4.90 Å². The number of hydrogen-bond donors (Lipinski definition) is 0. The summed E-state index contributed by atoms with van der Waals surface area (Å²) in [7, 11) is 0. The van der Waals surface area contributed by atoms with E-state index in [1.807, 2.05) is 0 Å². The summed E-state index contributed by atoms with van der Waals surface area (Å²) in [4.78, 5) is 15.0. The molecule has 2 saturated carbocycles. The van der Waals surface area contributed by atoms with Crippen LogP contribution in [0.1, 0.15) is 86.8 Å². The van der Waals surface area contributed by atoms with E-state index >= 15 is 4.39 Å². The maximum atomic E-state index is 15.1. The molecular weight excluding hydrogens is 472 g/mol. The largest absolute Gasteiger partial charge is 0.488 e. The summed E-state index contributed by atoms with van der Waals surface area (Å²) in [5.74, 6) is -0.327. The zero-order chi connectivity index (χ0) is 25.1. The Bertz CT molecular complexity index is 1140. The van der Waals surface area contributed by atoms with E-state index in [2.05, 4.69) is 11.8 Å². The maximum absolute atomic E-state index is 15.1. The molecule has 0 spiro atoms. The lowest BCUT2D eigenvalue weighted by molar-refractivity contribution is 0.00643. The second-order valence-corrected chi connectivity index (χ2v) is 11.7. The number of rotatable bonds is 6. The number of nitrogens with zero attached hydrogens (tertiary/aromatic N) is 1. The molecule has 35 heavy (non-hydrogen) atoms. The molecule has 4 nitrogen and oxygen atoms in total. The van der Waals surface area contributed by atoms with Gasteiger partial charge in [0.05, 0.1) is 5.56 Å². The van der Waals surface area contributed by atoms with Gasteiger partial charge in [-0.25, -0.2) is 13.6 Å². The van der Waals surface area contributed by atoms with Gasteiger partial charge in [0.25, 0.3) is 0 Å². The Labute approximate surface area is 210 Å². The van der Waals surface area contributed by atoms with Gasteiger partial charge in [0.15, 0.2) is 0 Å². The highest BCUT2D eigenvalue weighted by molar-refractivity contribution is 6.31. The van der Waals surface area contributed by atoms with E-state index in [4.69, 9.17) is 21.1 Å². The Balaban J connectivity index is 1.37. The van der Waals surface area contributed by atoms with Gasteiger partial charge in [-0.15, -0.1) is 0 Å². The quantitative estimate of drug-likeness (QED) is 0.396. The zero-order valence-electron chi connectivity index (χ0n) is 20.6. The number of fused-ring (bicyclic) bond motifs is 2.